The van der Waals surface area contributed by atoms with E-state index in [4.69, 9.17) is 5.26 Å². The maximum Gasteiger partial charge on any atom is 0.159 e. The SMILES string of the molecule is Cc1ccc2nc(C#N)cn2c1. The van der Waals surface area contributed by atoms with Gasteiger partial charge in [0, 0.05) is 12.4 Å². The molecule has 2 aromatic heterocycles. The Morgan fingerprint density at radius 1 is 1.42 bits per heavy atom. The average molecular weight is 157 g/mol. The molecule has 0 saturated carbocycles. The van der Waals surface area contributed by atoms with E-state index in [0.29, 0.717) is 5.69 Å². The summed E-state index contributed by atoms with van der Waals surface area (Å²) in [6.07, 6.45) is 3.67. The highest BCUT2D eigenvalue weighted by molar-refractivity contribution is 5.43. The molecular weight excluding hydrogens is 150 g/mol. The zero-order valence-electron chi connectivity index (χ0n) is 6.65. The van der Waals surface area contributed by atoms with Gasteiger partial charge in [-0.3, -0.25) is 0 Å². The van der Waals surface area contributed by atoms with E-state index in [1.165, 1.54) is 0 Å². The minimum atomic E-state index is 0.459. The number of aryl methyl sites for hydroxylation is 1. The molecule has 0 unspecified atom stereocenters. The maximum absolute atomic E-state index is 8.58. The predicted molar refractivity (Wildman–Crippen MR) is 44.6 cm³/mol. The van der Waals surface area contributed by atoms with Crippen LogP contribution in [0.5, 0.6) is 0 Å². The molecule has 0 aromatic carbocycles. The number of fused-ring (bicyclic) bond motifs is 1. The van der Waals surface area contributed by atoms with Crippen molar-refractivity contribution < 1.29 is 0 Å². The van der Waals surface area contributed by atoms with E-state index in [-0.39, 0.29) is 0 Å². The molecule has 0 fully saturated rings. The third-order valence-corrected chi connectivity index (χ3v) is 1.71. The number of rotatable bonds is 0. The van der Waals surface area contributed by atoms with Crippen molar-refractivity contribution in [3.05, 3.63) is 35.8 Å². The number of hydrogen-bond donors (Lipinski definition) is 0. The monoisotopic (exact) mass is 157 g/mol. The third kappa shape index (κ3) is 0.940. The zero-order valence-corrected chi connectivity index (χ0v) is 6.65. The van der Waals surface area contributed by atoms with Gasteiger partial charge in [0.2, 0.25) is 0 Å². The molecule has 0 N–H and O–H groups in total. The molecule has 0 bridgehead atoms. The molecule has 0 saturated heterocycles. The number of nitrogens with zero attached hydrogens (tertiary/aromatic N) is 3. The Morgan fingerprint density at radius 3 is 3.00 bits per heavy atom. The summed E-state index contributed by atoms with van der Waals surface area (Å²) in [5.41, 5.74) is 2.43. The molecule has 0 aliphatic heterocycles. The topological polar surface area (TPSA) is 41.1 Å². The zero-order chi connectivity index (χ0) is 8.55. The Morgan fingerprint density at radius 2 is 2.25 bits per heavy atom. The molecule has 0 aliphatic carbocycles. The summed E-state index contributed by atoms with van der Waals surface area (Å²) in [4.78, 5) is 4.07. The van der Waals surface area contributed by atoms with E-state index in [9.17, 15) is 0 Å². The summed E-state index contributed by atoms with van der Waals surface area (Å²) in [6, 6.07) is 5.88. The largest absolute Gasteiger partial charge is 0.305 e. The summed E-state index contributed by atoms with van der Waals surface area (Å²) < 4.78 is 1.86. The van der Waals surface area contributed by atoms with Gasteiger partial charge in [-0.25, -0.2) is 4.98 Å². The molecule has 2 heterocycles. The van der Waals surface area contributed by atoms with Crippen molar-refractivity contribution in [2.45, 2.75) is 6.92 Å². The normalized spacial score (nSPS) is 10.0. The van der Waals surface area contributed by atoms with Crippen LogP contribution in [0.3, 0.4) is 0 Å². The molecule has 3 heteroatoms. The summed E-state index contributed by atoms with van der Waals surface area (Å²) >= 11 is 0. The van der Waals surface area contributed by atoms with E-state index in [1.54, 1.807) is 6.20 Å². The van der Waals surface area contributed by atoms with E-state index in [0.717, 1.165) is 11.2 Å². The van der Waals surface area contributed by atoms with Crippen molar-refractivity contribution in [1.29, 1.82) is 5.26 Å². The predicted octanol–water partition coefficient (Wildman–Crippen LogP) is 1.51. The highest BCUT2D eigenvalue weighted by Gasteiger charge is 1.98. The van der Waals surface area contributed by atoms with Crippen LogP contribution in [0.15, 0.2) is 24.5 Å². The first kappa shape index (κ1) is 6.86. The van der Waals surface area contributed by atoms with Crippen molar-refractivity contribution in [2.24, 2.45) is 0 Å². The molecular formula is C9H7N3. The second kappa shape index (κ2) is 2.35. The Bertz CT molecular complexity index is 462. The minimum Gasteiger partial charge on any atom is -0.305 e. The number of pyridine rings is 1. The van der Waals surface area contributed by atoms with E-state index in [1.807, 2.05) is 35.7 Å². The van der Waals surface area contributed by atoms with Gasteiger partial charge in [-0.15, -0.1) is 0 Å². The van der Waals surface area contributed by atoms with Crippen LogP contribution >= 0.6 is 0 Å². The molecule has 2 rings (SSSR count). The van der Waals surface area contributed by atoms with Gasteiger partial charge >= 0.3 is 0 Å². The van der Waals surface area contributed by atoms with Gasteiger partial charge in [-0.2, -0.15) is 5.26 Å². The molecule has 58 valence electrons. The van der Waals surface area contributed by atoms with Crippen LogP contribution in [-0.4, -0.2) is 9.38 Å². The van der Waals surface area contributed by atoms with Gasteiger partial charge < -0.3 is 4.40 Å². The van der Waals surface area contributed by atoms with Gasteiger partial charge in [0.25, 0.3) is 0 Å². The number of hydrogen-bond acceptors (Lipinski definition) is 2. The van der Waals surface area contributed by atoms with Gasteiger partial charge in [-0.1, -0.05) is 6.07 Å². The van der Waals surface area contributed by atoms with Crippen molar-refractivity contribution in [1.82, 2.24) is 9.38 Å². The van der Waals surface area contributed by atoms with Crippen LogP contribution in [0, 0.1) is 18.3 Å². The lowest BCUT2D eigenvalue weighted by Gasteiger charge is -1.92. The lowest BCUT2D eigenvalue weighted by atomic mass is 10.3. The highest BCUT2D eigenvalue weighted by atomic mass is 15.0. The Labute approximate surface area is 69.9 Å². The first-order valence-electron chi connectivity index (χ1n) is 3.65. The van der Waals surface area contributed by atoms with E-state index >= 15 is 0 Å². The smallest absolute Gasteiger partial charge is 0.159 e. The van der Waals surface area contributed by atoms with Crippen LogP contribution < -0.4 is 0 Å². The first-order chi connectivity index (χ1) is 5.79. The van der Waals surface area contributed by atoms with Crippen LogP contribution in [0.2, 0.25) is 0 Å². The maximum atomic E-state index is 8.58. The fraction of sp³-hybridized carbons (Fsp3) is 0.111. The van der Waals surface area contributed by atoms with E-state index < -0.39 is 0 Å². The molecule has 0 amide bonds. The standard InChI is InChI=1S/C9H7N3/c1-7-2-3-9-11-8(4-10)6-12(9)5-7/h2-3,5-6H,1H3. The molecule has 0 radical (unpaired) electrons. The second-order valence-electron chi connectivity index (χ2n) is 2.71. The summed E-state index contributed by atoms with van der Waals surface area (Å²) in [7, 11) is 0. The average Bonchev–Trinajstić information content (AvgIpc) is 2.46. The molecule has 0 spiro atoms. The fourth-order valence-corrected chi connectivity index (χ4v) is 1.16. The highest BCUT2D eigenvalue weighted by Crippen LogP contribution is 2.05. The Hall–Kier alpha value is -1.82. The Balaban J connectivity index is 2.77. The van der Waals surface area contributed by atoms with Crippen LogP contribution in [-0.2, 0) is 0 Å². The molecule has 2 aromatic rings. The summed E-state index contributed by atoms with van der Waals surface area (Å²) in [6.45, 7) is 2.01. The van der Waals surface area contributed by atoms with Crippen molar-refractivity contribution >= 4 is 5.65 Å². The van der Waals surface area contributed by atoms with Crippen molar-refractivity contribution in [2.75, 3.05) is 0 Å². The lowest BCUT2D eigenvalue weighted by Crippen LogP contribution is -1.82. The van der Waals surface area contributed by atoms with Crippen molar-refractivity contribution in [3.8, 4) is 6.07 Å². The van der Waals surface area contributed by atoms with Crippen molar-refractivity contribution in [3.63, 3.8) is 0 Å². The second-order valence-corrected chi connectivity index (χ2v) is 2.71. The first-order valence-corrected chi connectivity index (χ1v) is 3.65. The molecule has 3 nitrogen and oxygen atoms in total. The third-order valence-electron chi connectivity index (χ3n) is 1.71. The van der Waals surface area contributed by atoms with Gasteiger partial charge in [0.1, 0.15) is 11.7 Å². The van der Waals surface area contributed by atoms with Gasteiger partial charge in [-0.05, 0) is 18.6 Å². The van der Waals surface area contributed by atoms with Crippen LogP contribution in [0.25, 0.3) is 5.65 Å². The van der Waals surface area contributed by atoms with Gasteiger partial charge in [0.05, 0.1) is 0 Å². The Kier molecular flexibility index (Phi) is 1.34. The fourth-order valence-electron chi connectivity index (χ4n) is 1.16. The number of aromatic nitrogens is 2. The number of nitriles is 1. The van der Waals surface area contributed by atoms with E-state index in [2.05, 4.69) is 4.98 Å². The molecule has 0 atom stereocenters. The van der Waals surface area contributed by atoms with Gasteiger partial charge in [0.15, 0.2) is 5.69 Å². The summed E-state index contributed by atoms with van der Waals surface area (Å²) in [5, 5.41) is 8.58. The van der Waals surface area contributed by atoms with Crippen LogP contribution in [0.1, 0.15) is 11.3 Å². The molecule has 0 aliphatic rings. The minimum absolute atomic E-state index is 0.459. The number of imidazole rings is 1. The molecule has 12 heavy (non-hydrogen) atoms. The van der Waals surface area contributed by atoms with Crippen LogP contribution in [0.4, 0.5) is 0 Å². The summed E-state index contributed by atoms with van der Waals surface area (Å²) in [5.74, 6) is 0. The quantitative estimate of drug-likeness (QED) is 0.581. The lowest BCUT2D eigenvalue weighted by molar-refractivity contribution is 1.16.